The number of likely N-dealkylation sites (tertiary alicyclic amines) is 1. The number of rotatable bonds is 5. The maximum atomic E-state index is 13.5. The molecule has 1 heterocycles. The fourth-order valence-electron chi connectivity index (χ4n) is 3.09. The number of hydrogen-bond donors (Lipinski definition) is 1. The van der Waals surface area contributed by atoms with Crippen LogP contribution >= 0.6 is 0 Å². The van der Waals surface area contributed by atoms with Crippen molar-refractivity contribution in [2.24, 2.45) is 5.73 Å². The second-order valence-corrected chi connectivity index (χ2v) is 5.58. The van der Waals surface area contributed by atoms with Crippen molar-refractivity contribution in [3.05, 3.63) is 35.1 Å². The molecular formula is C16H25FN2. The molecule has 0 radical (unpaired) electrons. The maximum Gasteiger partial charge on any atom is 0.123 e. The van der Waals surface area contributed by atoms with Crippen molar-refractivity contribution in [3.8, 4) is 0 Å². The second-order valence-electron chi connectivity index (χ2n) is 5.58. The zero-order valence-electron chi connectivity index (χ0n) is 11.9. The largest absolute Gasteiger partial charge is 0.326 e. The van der Waals surface area contributed by atoms with E-state index in [0.717, 1.165) is 24.2 Å². The summed E-state index contributed by atoms with van der Waals surface area (Å²) in [7, 11) is 0. The van der Waals surface area contributed by atoms with E-state index in [1.54, 1.807) is 6.07 Å². The molecule has 1 fully saturated rings. The summed E-state index contributed by atoms with van der Waals surface area (Å²) >= 11 is 0. The van der Waals surface area contributed by atoms with Gasteiger partial charge < -0.3 is 5.73 Å². The molecule has 1 aromatic rings. The quantitative estimate of drug-likeness (QED) is 0.882. The van der Waals surface area contributed by atoms with E-state index in [0.29, 0.717) is 12.6 Å². The van der Waals surface area contributed by atoms with Crippen LogP contribution in [-0.4, -0.2) is 17.5 Å². The summed E-state index contributed by atoms with van der Waals surface area (Å²) in [5, 5.41) is 0. The van der Waals surface area contributed by atoms with Crippen molar-refractivity contribution in [1.82, 2.24) is 4.90 Å². The summed E-state index contributed by atoms with van der Waals surface area (Å²) in [6.07, 6.45) is 6.35. The van der Waals surface area contributed by atoms with Crippen LogP contribution in [-0.2, 0) is 13.1 Å². The van der Waals surface area contributed by atoms with Gasteiger partial charge in [-0.2, -0.15) is 0 Å². The lowest BCUT2D eigenvalue weighted by Crippen LogP contribution is -2.38. The van der Waals surface area contributed by atoms with Crippen LogP contribution in [0.15, 0.2) is 18.2 Å². The Morgan fingerprint density at radius 3 is 2.79 bits per heavy atom. The van der Waals surface area contributed by atoms with Gasteiger partial charge in [-0.1, -0.05) is 25.8 Å². The van der Waals surface area contributed by atoms with Crippen LogP contribution in [0.4, 0.5) is 4.39 Å². The lowest BCUT2D eigenvalue weighted by atomic mass is 9.97. The van der Waals surface area contributed by atoms with Crippen molar-refractivity contribution < 1.29 is 4.39 Å². The van der Waals surface area contributed by atoms with Gasteiger partial charge in [0.15, 0.2) is 0 Å². The van der Waals surface area contributed by atoms with Gasteiger partial charge in [0, 0.05) is 19.1 Å². The molecule has 2 rings (SSSR count). The van der Waals surface area contributed by atoms with Gasteiger partial charge >= 0.3 is 0 Å². The first-order valence-electron chi connectivity index (χ1n) is 7.45. The molecule has 0 saturated carbocycles. The number of benzene rings is 1. The molecule has 1 aliphatic heterocycles. The summed E-state index contributed by atoms with van der Waals surface area (Å²) in [6, 6.07) is 5.89. The van der Waals surface area contributed by atoms with E-state index >= 15 is 0 Å². The zero-order chi connectivity index (χ0) is 13.7. The van der Waals surface area contributed by atoms with Crippen LogP contribution in [0.25, 0.3) is 0 Å². The molecular weight excluding hydrogens is 239 g/mol. The van der Waals surface area contributed by atoms with Crippen molar-refractivity contribution in [2.75, 3.05) is 6.54 Å². The summed E-state index contributed by atoms with van der Waals surface area (Å²) in [4.78, 5) is 2.52. The Balaban J connectivity index is 2.07. The molecule has 2 N–H and O–H groups in total. The van der Waals surface area contributed by atoms with Gasteiger partial charge in [0.25, 0.3) is 0 Å². The third kappa shape index (κ3) is 4.02. The summed E-state index contributed by atoms with van der Waals surface area (Å²) in [5.41, 5.74) is 7.56. The van der Waals surface area contributed by atoms with Crippen LogP contribution < -0.4 is 5.73 Å². The molecule has 0 spiro atoms. The van der Waals surface area contributed by atoms with Gasteiger partial charge in [-0.25, -0.2) is 4.39 Å². The molecule has 0 bridgehead atoms. The van der Waals surface area contributed by atoms with E-state index in [1.807, 2.05) is 6.07 Å². The molecule has 0 amide bonds. The van der Waals surface area contributed by atoms with E-state index in [4.69, 9.17) is 5.73 Å². The third-order valence-corrected chi connectivity index (χ3v) is 4.01. The Labute approximate surface area is 115 Å². The summed E-state index contributed by atoms with van der Waals surface area (Å²) in [6.45, 7) is 4.64. The van der Waals surface area contributed by atoms with Gasteiger partial charge in [0.05, 0.1) is 0 Å². The van der Waals surface area contributed by atoms with Crippen molar-refractivity contribution in [2.45, 2.75) is 58.2 Å². The van der Waals surface area contributed by atoms with Crippen LogP contribution in [0, 0.1) is 5.82 Å². The Hall–Kier alpha value is -0.930. The average molecular weight is 264 g/mol. The summed E-state index contributed by atoms with van der Waals surface area (Å²) < 4.78 is 13.5. The second kappa shape index (κ2) is 7.01. The smallest absolute Gasteiger partial charge is 0.123 e. The number of halogens is 1. The number of piperidine rings is 1. The van der Waals surface area contributed by atoms with E-state index in [1.165, 1.54) is 38.2 Å². The predicted molar refractivity (Wildman–Crippen MR) is 77.2 cm³/mol. The van der Waals surface area contributed by atoms with E-state index in [2.05, 4.69) is 11.8 Å². The van der Waals surface area contributed by atoms with Crippen LogP contribution in [0.2, 0.25) is 0 Å². The molecule has 3 heteroatoms. The first-order valence-corrected chi connectivity index (χ1v) is 7.45. The third-order valence-electron chi connectivity index (χ3n) is 4.01. The fraction of sp³-hybridized carbons (Fsp3) is 0.625. The Morgan fingerprint density at radius 1 is 1.26 bits per heavy atom. The minimum Gasteiger partial charge on any atom is -0.326 e. The highest BCUT2D eigenvalue weighted by molar-refractivity contribution is 5.24. The molecule has 2 nitrogen and oxygen atoms in total. The fourth-order valence-corrected chi connectivity index (χ4v) is 3.09. The van der Waals surface area contributed by atoms with E-state index in [9.17, 15) is 4.39 Å². The first kappa shape index (κ1) is 14.5. The predicted octanol–water partition coefficient (Wildman–Crippen LogP) is 3.44. The number of hydrogen-bond acceptors (Lipinski definition) is 2. The maximum absolute atomic E-state index is 13.5. The molecule has 106 valence electrons. The molecule has 1 saturated heterocycles. The van der Waals surface area contributed by atoms with Crippen LogP contribution in [0.3, 0.4) is 0 Å². The van der Waals surface area contributed by atoms with Crippen LogP contribution in [0.5, 0.6) is 0 Å². The molecule has 1 atom stereocenters. The molecule has 0 aliphatic carbocycles. The Morgan fingerprint density at radius 2 is 2.05 bits per heavy atom. The number of nitrogens with zero attached hydrogens (tertiary/aromatic N) is 1. The Bertz CT molecular complexity index is 404. The highest BCUT2D eigenvalue weighted by Crippen LogP contribution is 2.23. The van der Waals surface area contributed by atoms with Gasteiger partial charge in [-0.05, 0) is 49.1 Å². The van der Waals surface area contributed by atoms with E-state index < -0.39 is 0 Å². The van der Waals surface area contributed by atoms with Crippen molar-refractivity contribution >= 4 is 0 Å². The molecule has 0 aromatic heterocycles. The van der Waals surface area contributed by atoms with Gasteiger partial charge in [0.2, 0.25) is 0 Å². The highest BCUT2D eigenvalue weighted by atomic mass is 19.1. The minimum atomic E-state index is -0.165. The highest BCUT2D eigenvalue weighted by Gasteiger charge is 2.21. The topological polar surface area (TPSA) is 29.3 Å². The van der Waals surface area contributed by atoms with E-state index in [-0.39, 0.29) is 5.82 Å². The van der Waals surface area contributed by atoms with Crippen molar-refractivity contribution in [3.63, 3.8) is 0 Å². The molecule has 1 unspecified atom stereocenters. The summed E-state index contributed by atoms with van der Waals surface area (Å²) in [5.74, 6) is -0.165. The minimum absolute atomic E-state index is 0.165. The van der Waals surface area contributed by atoms with Crippen molar-refractivity contribution in [1.29, 1.82) is 0 Å². The SMILES string of the molecule is CCCC1CCCCN1Cc1cc(F)cc(CN)c1. The molecule has 1 aliphatic rings. The van der Waals surface area contributed by atoms with Gasteiger partial charge in [-0.3, -0.25) is 4.90 Å². The first-order chi connectivity index (χ1) is 9.22. The number of nitrogens with two attached hydrogens (primary N) is 1. The molecule has 19 heavy (non-hydrogen) atoms. The molecule has 1 aromatic carbocycles. The van der Waals surface area contributed by atoms with Gasteiger partial charge in [-0.15, -0.1) is 0 Å². The Kier molecular flexibility index (Phi) is 5.34. The van der Waals surface area contributed by atoms with Crippen LogP contribution in [0.1, 0.15) is 50.2 Å². The lowest BCUT2D eigenvalue weighted by molar-refractivity contribution is 0.131. The lowest BCUT2D eigenvalue weighted by Gasteiger charge is -2.35. The normalized spacial score (nSPS) is 20.7. The zero-order valence-corrected chi connectivity index (χ0v) is 11.9. The van der Waals surface area contributed by atoms with Gasteiger partial charge in [0.1, 0.15) is 5.82 Å². The standard InChI is InChI=1S/C16H25FN2/c1-2-5-16-6-3-4-7-19(16)12-14-8-13(11-18)9-15(17)10-14/h8-10,16H,2-7,11-12,18H2,1H3. The average Bonchev–Trinajstić information content (AvgIpc) is 2.40. The monoisotopic (exact) mass is 264 g/mol.